The normalized spacial score (nSPS) is 19.3. The molecule has 1 aliphatic heterocycles. The summed E-state index contributed by atoms with van der Waals surface area (Å²) in [5.74, 6) is 0. The number of piperidine rings is 1. The first kappa shape index (κ1) is 15.7. The third kappa shape index (κ3) is 3.16. The van der Waals surface area contributed by atoms with Gasteiger partial charge in [0.05, 0.1) is 9.82 Å². The summed E-state index contributed by atoms with van der Waals surface area (Å²) in [6.45, 7) is 4.87. The smallest absolute Gasteiger partial charge is 0.293 e. The number of nitrogens with two attached hydrogens (primary N) is 1. The molecule has 8 heteroatoms. The van der Waals surface area contributed by atoms with Gasteiger partial charge in [-0.15, -0.1) is 0 Å². The molecule has 0 aromatic heterocycles. The topological polar surface area (TPSA) is 107 Å². The van der Waals surface area contributed by atoms with Gasteiger partial charge in [-0.3, -0.25) is 10.1 Å². The van der Waals surface area contributed by atoms with Crippen molar-refractivity contribution in [2.45, 2.75) is 31.6 Å². The van der Waals surface area contributed by atoms with Crippen LogP contribution in [0.25, 0.3) is 0 Å². The maximum absolute atomic E-state index is 12.6. The van der Waals surface area contributed by atoms with E-state index in [1.54, 1.807) is 0 Å². The van der Waals surface area contributed by atoms with Crippen LogP contribution < -0.4 is 5.73 Å². The van der Waals surface area contributed by atoms with E-state index >= 15 is 0 Å². The number of sulfonamides is 1. The van der Waals surface area contributed by atoms with E-state index in [0.29, 0.717) is 13.1 Å². The van der Waals surface area contributed by atoms with Crippen LogP contribution in [0.1, 0.15) is 26.7 Å². The van der Waals surface area contributed by atoms with Gasteiger partial charge in [0, 0.05) is 19.2 Å². The molecule has 1 aromatic rings. The molecule has 21 heavy (non-hydrogen) atoms. The predicted molar refractivity (Wildman–Crippen MR) is 79.3 cm³/mol. The molecule has 1 saturated heterocycles. The van der Waals surface area contributed by atoms with Gasteiger partial charge in [-0.05, 0) is 30.4 Å². The number of nitro benzene ring substituents is 1. The molecule has 2 N–H and O–H groups in total. The minimum absolute atomic E-state index is 0.0436. The summed E-state index contributed by atoms with van der Waals surface area (Å²) in [7, 11) is -3.73. The standard InChI is InChI=1S/C13H19N3O4S/c1-13(2)6-3-7-15(9-13)21(19,20)10-4-5-11(14)12(8-10)16(17)18/h4-5,8H,3,6-7,9,14H2,1-2H3. The van der Waals surface area contributed by atoms with E-state index in [1.165, 1.54) is 16.4 Å². The Morgan fingerprint density at radius 1 is 1.38 bits per heavy atom. The molecule has 2 rings (SSSR count). The van der Waals surface area contributed by atoms with Crippen LogP contribution in [0.4, 0.5) is 11.4 Å². The fourth-order valence-electron chi connectivity index (χ4n) is 2.57. The molecule has 0 saturated carbocycles. The van der Waals surface area contributed by atoms with E-state index in [1.807, 2.05) is 13.8 Å². The summed E-state index contributed by atoms with van der Waals surface area (Å²) in [5, 5.41) is 10.9. The third-order valence-corrected chi connectivity index (χ3v) is 5.54. The van der Waals surface area contributed by atoms with Crippen LogP contribution in [0.3, 0.4) is 0 Å². The number of benzene rings is 1. The molecule has 1 aliphatic rings. The highest BCUT2D eigenvalue weighted by Crippen LogP contribution is 2.33. The van der Waals surface area contributed by atoms with Crippen LogP contribution in [0, 0.1) is 15.5 Å². The lowest BCUT2D eigenvalue weighted by Crippen LogP contribution is -2.43. The van der Waals surface area contributed by atoms with E-state index < -0.39 is 14.9 Å². The summed E-state index contributed by atoms with van der Waals surface area (Å²) in [6, 6.07) is 3.62. The summed E-state index contributed by atoms with van der Waals surface area (Å²) in [4.78, 5) is 10.1. The molecule has 1 heterocycles. The molecule has 0 spiro atoms. The van der Waals surface area contributed by atoms with Gasteiger partial charge in [0.1, 0.15) is 5.69 Å². The van der Waals surface area contributed by atoms with Gasteiger partial charge in [0.2, 0.25) is 10.0 Å². The van der Waals surface area contributed by atoms with Gasteiger partial charge in [-0.25, -0.2) is 8.42 Å². The molecule has 0 radical (unpaired) electrons. The van der Waals surface area contributed by atoms with Crippen molar-refractivity contribution in [3.8, 4) is 0 Å². The summed E-state index contributed by atoms with van der Waals surface area (Å²) >= 11 is 0. The fraction of sp³-hybridized carbons (Fsp3) is 0.538. The largest absolute Gasteiger partial charge is 0.393 e. The Morgan fingerprint density at radius 3 is 2.62 bits per heavy atom. The Morgan fingerprint density at radius 2 is 2.05 bits per heavy atom. The maximum atomic E-state index is 12.6. The zero-order chi connectivity index (χ0) is 15.8. The quantitative estimate of drug-likeness (QED) is 0.521. The van der Waals surface area contributed by atoms with E-state index in [0.717, 1.165) is 18.9 Å². The molecular formula is C13H19N3O4S. The SMILES string of the molecule is CC1(C)CCCN(S(=O)(=O)c2ccc(N)c([N+](=O)[O-])c2)C1. The van der Waals surface area contributed by atoms with Gasteiger partial charge in [-0.2, -0.15) is 4.31 Å². The number of nitrogen functional groups attached to an aromatic ring is 1. The average Bonchev–Trinajstić information content (AvgIpc) is 2.37. The molecule has 0 bridgehead atoms. The van der Waals surface area contributed by atoms with Crippen LogP contribution >= 0.6 is 0 Å². The summed E-state index contributed by atoms with van der Waals surface area (Å²) in [6.07, 6.45) is 1.74. The highest BCUT2D eigenvalue weighted by molar-refractivity contribution is 7.89. The van der Waals surface area contributed by atoms with Crippen LogP contribution in [-0.2, 0) is 10.0 Å². The van der Waals surface area contributed by atoms with Crippen LogP contribution in [0.15, 0.2) is 23.1 Å². The number of hydrogen-bond donors (Lipinski definition) is 1. The Kier molecular flexibility index (Phi) is 3.94. The second-order valence-electron chi connectivity index (χ2n) is 6.08. The van der Waals surface area contributed by atoms with Crippen molar-refractivity contribution in [1.29, 1.82) is 0 Å². The van der Waals surface area contributed by atoms with Crippen LogP contribution in [-0.4, -0.2) is 30.7 Å². The van der Waals surface area contributed by atoms with E-state index in [9.17, 15) is 18.5 Å². The Hall–Kier alpha value is -1.67. The molecule has 7 nitrogen and oxygen atoms in total. The van der Waals surface area contributed by atoms with Crippen molar-refractivity contribution in [2.75, 3.05) is 18.8 Å². The lowest BCUT2D eigenvalue weighted by molar-refractivity contribution is -0.384. The Balaban J connectivity index is 2.40. The molecule has 0 aliphatic carbocycles. The first-order chi connectivity index (χ1) is 9.63. The first-order valence-corrected chi connectivity index (χ1v) is 8.12. The van der Waals surface area contributed by atoms with Gasteiger partial charge < -0.3 is 5.73 Å². The van der Waals surface area contributed by atoms with Crippen molar-refractivity contribution < 1.29 is 13.3 Å². The highest BCUT2D eigenvalue weighted by Gasteiger charge is 2.34. The van der Waals surface area contributed by atoms with E-state index in [4.69, 9.17) is 5.73 Å². The molecule has 0 amide bonds. The highest BCUT2D eigenvalue weighted by atomic mass is 32.2. The minimum Gasteiger partial charge on any atom is -0.393 e. The molecule has 0 unspecified atom stereocenters. The number of rotatable bonds is 3. The second kappa shape index (κ2) is 5.27. The predicted octanol–water partition coefficient (Wildman–Crippen LogP) is 1.99. The van der Waals surface area contributed by atoms with Gasteiger partial charge in [-0.1, -0.05) is 13.8 Å². The second-order valence-corrected chi connectivity index (χ2v) is 8.02. The lowest BCUT2D eigenvalue weighted by atomic mass is 9.85. The number of nitrogens with zero attached hydrogens (tertiary/aromatic N) is 2. The van der Waals surface area contributed by atoms with Crippen molar-refractivity contribution in [3.63, 3.8) is 0 Å². The van der Waals surface area contributed by atoms with Crippen LogP contribution in [0.2, 0.25) is 0 Å². The molecule has 1 fully saturated rings. The Bertz CT molecular complexity index is 670. The number of nitro groups is 1. The number of hydrogen-bond acceptors (Lipinski definition) is 5. The average molecular weight is 313 g/mol. The summed E-state index contributed by atoms with van der Waals surface area (Å²) in [5.41, 5.74) is 4.99. The van der Waals surface area contributed by atoms with Gasteiger partial charge in [0.15, 0.2) is 0 Å². The monoisotopic (exact) mass is 313 g/mol. The molecular weight excluding hydrogens is 294 g/mol. The Labute approximate surface area is 123 Å². The minimum atomic E-state index is -3.73. The zero-order valence-electron chi connectivity index (χ0n) is 12.1. The van der Waals surface area contributed by atoms with Crippen molar-refractivity contribution in [1.82, 2.24) is 4.31 Å². The van der Waals surface area contributed by atoms with Crippen molar-refractivity contribution in [2.24, 2.45) is 5.41 Å². The number of anilines is 1. The first-order valence-electron chi connectivity index (χ1n) is 6.68. The van der Waals surface area contributed by atoms with E-state index in [2.05, 4.69) is 0 Å². The molecule has 1 aromatic carbocycles. The lowest BCUT2D eigenvalue weighted by Gasteiger charge is -2.37. The zero-order valence-corrected chi connectivity index (χ0v) is 12.9. The summed E-state index contributed by atoms with van der Waals surface area (Å²) < 4.78 is 26.6. The van der Waals surface area contributed by atoms with Crippen LogP contribution in [0.5, 0.6) is 0 Å². The fourth-order valence-corrected chi connectivity index (χ4v) is 4.25. The maximum Gasteiger partial charge on any atom is 0.293 e. The van der Waals surface area contributed by atoms with Crippen molar-refractivity contribution in [3.05, 3.63) is 28.3 Å². The van der Waals surface area contributed by atoms with Gasteiger partial charge >= 0.3 is 0 Å². The molecule has 0 atom stereocenters. The van der Waals surface area contributed by atoms with Crippen molar-refractivity contribution >= 4 is 21.4 Å². The third-order valence-electron chi connectivity index (χ3n) is 3.70. The van der Waals surface area contributed by atoms with E-state index in [-0.39, 0.29) is 21.7 Å². The molecule has 116 valence electrons. The van der Waals surface area contributed by atoms with Gasteiger partial charge in [0.25, 0.3) is 5.69 Å².